The second kappa shape index (κ2) is 4.34. The molecule has 0 amide bonds. The molecule has 1 aliphatic heterocycles. The van der Waals surface area contributed by atoms with Gasteiger partial charge in [-0.05, 0) is 12.8 Å². The fourth-order valence-electron chi connectivity index (χ4n) is 1.89. The highest BCUT2D eigenvalue weighted by Crippen LogP contribution is 2.27. The standard InChI is InChI=1S/C10H17F2NO/c1-3-7(4-2)9(14)8-5-10(11,12)6-13-8/h7-8,13H,3-6H2,1-2H3/t8-/m0/s1. The van der Waals surface area contributed by atoms with Crippen LogP contribution in [0.5, 0.6) is 0 Å². The first-order valence-corrected chi connectivity index (χ1v) is 5.15. The van der Waals surface area contributed by atoms with Crippen molar-refractivity contribution in [1.29, 1.82) is 0 Å². The van der Waals surface area contributed by atoms with E-state index in [4.69, 9.17) is 0 Å². The zero-order chi connectivity index (χ0) is 10.8. The van der Waals surface area contributed by atoms with Gasteiger partial charge in [0.15, 0.2) is 5.78 Å². The fourth-order valence-corrected chi connectivity index (χ4v) is 1.89. The van der Waals surface area contributed by atoms with Gasteiger partial charge < -0.3 is 5.32 Å². The van der Waals surface area contributed by atoms with Gasteiger partial charge in [0.05, 0.1) is 12.6 Å². The van der Waals surface area contributed by atoms with Gasteiger partial charge in [-0.1, -0.05) is 13.8 Å². The molecule has 0 radical (unpaired) electrons. The normalized spacial score (nSPS) is 25.6. The molecule has 0 aliphatic carbocycles. The summed E-state index contributed by atoms with van der Waals surface area (Å²) in [6.45, 7) is 3.47. The summed E-state index contributed by atoms with van der Waals surface area (Å²) in [7, 11) is 0. The third-order valence-corrected chi connectivity index (χ3v) is 2.84. The minimum Gasteiger partial charge on any atom is -0.302 e. The number of carbonyl (C=O) groups excluding carboxylic acids is 1. The molecule has 1 N–H and O–H groups in total. The van der Waals surface area contributed by atoms with Crippen LogP contribution in [0.4, 0.5) is 8.78 Å². The summed E-state index contributed by atoms with van der Waals surface area (Å²) in [6.07, 6.45) is 1.14. The van der Waals surface area contributed by atoms with Crippen LogP contribution in [0.1, 0.15) is 33.1 Å². The summed E-state index contributed by atoms with van der Waals surface area (Å²) in [5, 5.41) is 2.60. The quantitative estimate of drug-likeness (QED) is 0.760. The smallest absolute Gasteiger partial charge is 0.262 e. The van der Waals surface area contributed by atoms with Crippen molar-refractivity contribution >= 4 is 5.78 Å². The Hall–Kier alpha value is -0.510. The number of Topliss-reactive ketones (excluding diaryl/α,β-unsaturated/α-hetero) is 1. The van der Waals surface area contributed by atoms with Crippen LogP contribution >= 0.6 is 0 Å². The van der Waals surface area contributed by atoms with Crippen molar-refractivity contribution in [3.8, 4) is 0 Å². The summed E-state index contributed by atoms with van der Waals surface area (Å²) < 4.78 is 25.6. The van der Waals surface area contributed by atoms with E-state index in [9.17, 15) is 13.6 Å². The van der Waals surface area contributed by atoms with Crippen molar-refractivity contribution in [1.82, 2.24) is 5.32 Å². The van der Waals surface area contributed by atoms with Crippen LogP contribution in [0.25, 0.3) is 0 Å². The first-order valence-electron chi connectivity index (χ1n) is 5.15. The van der Waals surface area contributed by atoms with E-state index in [0.29, 0.717) is 0 Å². The van der Waals surface area contributed by atoms with Gasteiger partial charge in [-0.2, -0.15) is 0 Å². The van der Waals surface area contributed by atoms with Crippen LogP contribution in [0.15, 0.2) is 0 Å². The molecule has 0 spiro atoms. The number of halogens is 2. The molecule has 1 heterocycles. The predicted molar refractivity (Wildman–Crippen MR) is 50.4 cm³/mol. The van der Waals surface area contributed by atoms with Crippen LogP contribution in [-0.4, -0.2) is 24.3 Å². The monoisotopic (exact) mass is 205 g/mol. The average molecular weight is 205 g/mol. The third-order valence-electron chi connectivity index (χ3n) is 2.84. The Kier molecular flexibility index (Phi) is 3.59. The van der Waals surface area contributed by atoms with E-state index in [2.05, 4.69) is 5.32 Å². The van der Waals surface area contributed by atoms with Crippen LogP contribution in [0.2, 0.25) is 0 Å². The van der Waals surface area contributed by atoms with Gasteiger partial charge >= 0.3 is 0 Å². The molecule has 0 unspecified atom stereocenters. The molecule has 1 aliphatic rings. The predicted octanol–water partition coefficient (Wildman–Crippen LogP) is 1.99. The van der Waals surface area contributed by atoms with Gasteiger partial charge in [0.25, 0.3) is 5.92 Å². The zero-order valence-corrected chi connectivity index (χ0v) is 8.65. The van der Waals surface area contributed by atoms with Crippen molar-refractivity contribution in [2.24, 2.45) is 5.92 Å². The molecule has 14 heavy (non-hydrogen) atoms. The Labute approximate surface area is 83.1 Å². The molecular weight excluding hydrogens is 188 g/mol. The molecule has 1 saturated heterocycles. The number of carbonyl (C=O) groups is 1. The minimum atomic E-state index is -2.70. The lowest BCUT2D eigenvalue weighted by molar-refractivity contribution is -0.125. The molecule has 0 aromatic carbocycles. The van der Waals surface area contributed by atoms with Gasteiger partial charge in [0.2, 0.25) is 0 Å². The molecule has 1 atom stereocenters. The van der Waals surface area contributed by atoms with E-state index >= 15 is 0 Å². The van der Waals surface area contributed by atoms with Gasteiger partial charge in [-0.15, -0.1) is 0 Å². The van der Waals surface area contributed by atoms with Crippen molar-refractivity contribution in [3.63, 3.8) is 0 Å². The molecular formula is C10H17F2NO. The minimum absolute atomic E-state index is 0.0489. The molecule has 0 bridgehead atoms. The Bertz CT molecular complexity index is 214. The second-order valence-electron chi connectivity index (χ2n) is 3.91. The van der Waals surface area contributed by atoms with Gasteiger partial charge in [0, 0.05) is 12.3 Å². The van der Waals surface area contributed by atoms with Crippen molar-refractivity contribution in [2.45, 2.75) is 45.1 Å². The molecule has 0 saturated carbocycles. The molecule has 2 nitrogen and oxygen atoms in total. The summed E-state index contributed by atoms with van der Waals surface area (Å²) in [4.78, 5) is 11.7. The van der Waals surface area contributed by atoms with E-state index in [1.807, 2.05) is 13.8 Å². The lowest BCUT2D eigenvalue weighted by Crippen LogP contribution is -2.35. The third kappa shape index (κ3) is 2.50. The van der Waals surface area contributed by atoms with E-state index in [0.717, 1.165) is 12.8 Å². The number of hydrogen-bond acceptors (Lipinski definition) is 2. The fraction of sp³-hybridized carbons (Fsp3) is 0.900. The maximum atomic E-state index is 12.8. The second-order valence-corrected chi connectivity index (χ2v) is 3.91. The van der Waals surface area contributed by atoms with E-state index in [-0.39, 0.29) is 24.7 Å². The topological polar surface area (TPSA) is 29.1 Å². The largest absolute Gasteiger partial charge is 0.302 e. The number of alkyl halides is 2. The summed E-state index contributed by atoms with van der Waals surface area (Å²) in [5.74, 6) is -2.82. The Morgan fingerprint density at radius 1 is 1.50 bits per heavy atom. The Morgan fingerprint density at radius 2 is 2.07 bits per heavy atom. The van der Waals surface area contributed by atoms with Crippen molar-refractivity contribution < 1.29 is 13.6 Å². The maximum Gasteiger partial charge on any atom is 0.262 e. The highest BCUT2D eigenvalue weighted by Gasteiger charge is 2.43. The first kappa shape index (κ1) is 11.6. The zero-order valence-electron chi connectivity index (χ0n) is 8.65. The number of nitrogens with one attached hydrogen (secondary N) is 1. The van der Waals surface area contributed by atoms with Gasteiger partial charge in [0.1, 0.15) is 0 Å². The summed E-state index contributed by atoms with van der Waals surface area (Å²) >= 11 is 0. The molecule has 0 aromatic heterocycles. The van der Waals surface area contributed by atoms with Crippen LogP contribution in [0, 0.1) is 5.92 Å². The van der Waals surface area contributed by atoms with Crippen molar-refractivity contribution in [3.05, 3.63) is 0 Å². The van der Waals surface area contributed by atoms with Crippen LogP contribution in [-0.2, 0) is 4.79 Å². The highest BCUT2D eigenvalue weighted by atomic mass is 19.3. The van der Waals surface area contributed by atoms with Crippen LogP contribution < -0.4 is 5.32 Å². The van der Waals surface area contributed by atoms with Gasteiger partial charge in [-0.3, -0.25) is 4.79 Å². The van der Waals surface area contributed by atoms with Gasteiger partial charge in [-0.25, -0.2) is 8.78 Å². The lowest BCUT2D eigenvalue weighted by Gasteiger charge is -2.16. The summed E-state index contributed by atoms with van der Waals surface area (Å²) in [6, 6.07) is -0.630. The number of rotatable bonds is 4. The molecule has 0 aromatic rings. The van der Waals surface area contributed by atoms with E-state index in [1.54, 1.807) is 0 Å². The number of ketones is 1. The Balaban J connectivity index is 2.54. The SMILES string of the molecule is CCC(CC)C(=O)[C@@H]1CC(F)(F)CN1. The lowest BCUT2D eigenvalue weighted by atomic mass is 9.92. The molecule has 4 heteroatoms. The highest BCUT2D eigenvalue weighted by molar-refractivity contribution is 5.86. The molecule has 82 valence electrons. The summed E-state index contributed by atoms with van der Waals surface area (Å²) in [5.41, 5.74) is 0. The van der Waals surface area contributed by atoms with Crippen LogP contribution in [0.3, 0.4) is 0 Å². The Morgan fingerprint density at radius 3 is 2.43 bits per heavy atom. The van der Waals surface area contributed by atoms with E-state index in [1.165, 1.54) is 0 Å². The molecule has 1 rings (SSSR count). The van der Waals surface area contributed by atoms with Crippen molar-refractivity contribution in [2.75, 3.05) is 6.54 Å². The molecule has 1 fully saturated rings. The number of hydrogen-bond donors (Lipinski definition) is 1. The maximum absolute atomic E-state index is 12.8. The average Bonchev–Trinajstić information content (AvgIpc) is 2.48. The first-order chi connectivity index (χ1) is 6.50. The van der Waals surface area contributed by atoms with E-state index < -0.39 is 12.0 Å².